The van der Waals surface area contributed by atoms with Crippen molar-refractivity contribution >= 4 is 35.1 Å². The number of aliphatic hydroxyl groups is 1. The van der Waals surface area contributed by atoms with Crippen molar-refractivity contribution < 1.29 is 27.9 Å². The van der Waals surface area contributed by atoms with Crippen LogP contribution in [0.15, 0.2) is 12.1 Å². The SMILES string of the molecule is CC[C@H]1CN(c2nc(N)c(C(=O)NCCO)nc2Cl)CCN1C1CCN(C(=O)c2ccc(F)c(F)c2F)CC1. The van der Waals surface area contributed by atoms with Crippen LogP contribution in [0.25, 0.3) is 0 Å². The number of carbonyl (C=O) groups is 2. The van der Waals surface area contributed by atoms with Crippen molar-refractivity contribution in [2.45, 2.75) is 38.3 Å². The van der Waals surface area contributed by atoms with Gasteiger partial charge in [-0.2, -0.15) is 0 Å². The molecule has 4 rings (SSSR count). The minimum absolute atomic E-state index is 0.0498. The molecule has 0 saturated carbocycles. The highest BCUT2D eigenvalue weighted by Gasteiger charge is 2.36. The van der Waals surface area contributed by atoms with Crippen LogP contribution in [0.1, 0.15) is 47.0 Å². The number of halogens is 4. The Morgan fingerprint density at radius 2 is 1.85 bits per heavy atom. The topological polar surface area (TPSA) is 128 Å². The Labute approximate surface area is 228 Å². The normalized spacial score (nSPS) is 18.9. The minimum Gasteiger partial charge on any atom is -0.395 e. The van der Waals surface area contributed by atoms with E-state index in [1.807, 2.05) is 4.90 Å². The third kappa shape index (κ3) is 6.04. The molecule has 212 valence electrons. The number of hydrogen-bond acceptors (Lipinski definition) is 8. The number of nitrogen functional groups attached to an aromatic ring is 1. The van der Waals surface area contributed by atoms with Crippen LogP contribution < -0.4 is 16.0 Å². The first kappa shape index (κ1) is 28.8. The first-order chi connectivity index (χ1) is 18.7. The van der Waals surface area contributed by atoms with Crippen LogP contribution in [0, 0.1) is 17.5 Å². The molecule has 2 amide bonds. The van der Waals surface area contributed by atoms with Gasteiger partial charge in [-0.25, -0.2) is 23.1 Å². The summed E-state index contributed by atoms with van der Waals surface area (Å²) in [6.45, 7) is 4.50. The highest BCUT2D eigenvalue weighted by molar-refractivity contribution is 6.32. The number of aromatic nitrogens is 2. The third-order valence-corrected chi connectivity index (χ3v) is 7.51. The van der Waals surface area contributed by atoms with Crippen LogP contribution >= 0.6 is 11.6 Å². The molecule has 0 unspecified atom stereocenters. The molecule has 1 atom stereocenters. The van der Waals surface area contributed by atoms with Crippen LogP contribution in [-0.2, 0) is 0 Å². The van der Waals surface area contributed by atoms with E-state index in [2.05, 4.69) is 27.1 Å². The summed E-state index contributed by atoms with van der Waals surface area (Å²) in [6, 6.07) is 2.05. The molecule has 0 aliphatic carbocycles. The molecule has 3 heterocycles. The van der Waals surface area contributed by atoms with E-state index in [4.69, 9.17) is 22.4 Å². The number of likely N-dealkylation sites (tertiary alicyclic amines) is 1. The highest BCUT2D eigenvalue weighted by Crippen LogP contribution is 2.30. The lowest BCUT2D eigenvalue weighted by Gasteiger charge is -2.47. The van der Waals surface area contributed by atoms with E-state index in [1.54, 1.807) is 0 Å². The highest BCUT2D eigenvalue weighted by atomic mass is 35.5. The van der Waals surface area contributed by atoms with Crippen LogP contribution in [0.2, 0.25) is 5.15 Å². The van der Waals surface area contributed by atoms with Crippen molar-refractivity contribution in [3.63, 3.8) is 0 Å². The number of anilines is 2. The van der Waals surface area contributed by atoms with E-state index in [0.29, 0.717) is 51.4 Å². The number of benzene rings is 1. The maximum absolute atomic E-state index is 14.1. The zero-order valence-corrected chi connectivity index (χ0v) is 22.2. The van der Waals surface area contributed by atoms with Gasteiger partial charge in [-0.1, -0.05) is 18.5 Å². The largest absolute Gasteiger partial charge is 0.395 e. The number of nitrogens with two attached hydrogens (primary N) is 1. The zero-order valence-electron chi connectivity index (χ0n) is 21.5. The molecule has 4 N–H and O–H groups in total. The fourth-order valence-corrected chi connectivity index (χ4v) is 5.45. The molecule has 2 aromatic rings. The van der Waals surface area contributed by atoms with E-state index in [0.717, 1.165) is 18.6 Å². The number of hydrogen-bond donors (Lipinski definition) is 3. The molecule has 2 aliphatic rings. The second kappa shape index (κ2) is 12.3. The average molecular weight is 570 g/mol. The van der Waals surface area contributed by atoms with Gasteiger partial charge in [0.25, 0.3) is 11.8 Å². The Morgan fingerprint density at radius 3 is 2.51 bits per heavy atom. The summed E-state index contributed by atoms with van der Waals surface area (Å²) < 4.78 is 41.0. The Kier molecular flexibility index (Phi) is 9.13. The summed E-state index contributed by atoms with van der Waals surface area (Å²) in [4.78, 5) is 39.3. The number of piperidine rings is 1. The molecule has 0 bridgehead atoms. The first-order valence-electron chi connectivity index (χ1n) is 12.8. The fourth-order valence-electron chi connectivity index (χ4n) is 5.21. The molecule has 0 spiro atoms. The quantitative estimate of drug-likeness (QED) is 0.432. The van der Waals surface area contributed by atoms with Gasteiger partial charge < -0.3 is 26.0 Å². The molecule has 2 fully saturated rings. The lowest BCUT2D eigenvalue weighted by Crippen LogP contribution is -2.59. The standard InChI is InChI=1S/C25H31ClF3N7O3/c1-2-14-13-35(23-21(26)32-20(22(30)33-23)24(38)31-7-12-37)10-11-36(14)15-5-8-34(9-6-15)25(39)16-3-4-17(27)19(29)18(16)28/h3-4,14-15,37H,2,5-13H2,1H3,(H2,30,33)(H,31,38)/t14-/m0/s1. The summed E-state index contributed by atoms with van der Waals surface area (Å²) >= 11 is 6.39. The van der Waals surface area contributed by atoms with Crippen molar-refractivity contribution in [2.75, 3.05) is 56.5 Å². The lowest BCUT2D eigenvalue weighted by atomic mass is 9.97. The van der Waals surface area contributed by atoms with E-state index in [-0.39, 0.29) is 41.9 Å². The zero-order chi connectivity index (χ0) is 28.3. The number of nitrogens with one attached hydrogen (secondary N) is 1. The van der Waals surface area contributed by atoms with Crippen molar-refractivity contribution in [3.05, 3.63) is 46.0 Å². The van der Waals surface area contributed by atoms with Crippen LogP contribution in [-0.4, -0.2) is 94.6 Å². The lowest BCUT2D eigenvalue weighted by molar-refractivity contribution is 0.0486. The van der Waals surface area contributed by atoms with Gasteiger partial charge in [0.2, 0.25) is 0 Å². The fraction of sp³-hybridized carbons (Fsp3) is 0.520. The summed E-state index contributed by atoms with van der Waals surface area (Å²) in [6.07, 6.45) is 2.13. The molecule has 0 radical (unpaired) electrons. The molecular weight excluding hydrogens is 539 g/mol. The molecule has 2 saturated heterocycles. The van der Waals surface area contributed by atoms with Crippen LogP contribution in [0.3, 0.4) is 0 Å². The Morgan fingerprint density at radius 1 is 1.13 bits per heavy atom. The third-order valence-electron chi connectivity index (χ3n) is 7.26. The first-order valence-corrected chi connectivity index (χ1v) is 13.2. The summed E-state index contributed by atoms with van der Waals surface area (Å²) in [5.74, 6) is -5.34. The Balaban J connectivity index is 1.39. The number of nitrogens with zero attached hydrogens (tertiary/aromatic N) is 5. The van der Waals surface area contributed by atoms with Crippen molar-refractivity contribution in [3.8, 4) is 0 Å². The maximum atomic E-state index is 14.1. The van der Waals surface area contributed by atoms with Gasteiger partial charge >= 0.3 is 0 Å². The van der Waals surface area contributed by atoms with E-state index in [1.165, 1.54) is 4.90 Å². The molecule has 39 heavy (non-hydrogen) atoms. The molecule has 10 nitrogen and oxygen atoms in total. The predicted octanol–water partition coefficient (Wildman–Crippen LogP) is 2.06. The molecular formula is C25H31ClF3N7O3. The number of piperazine rings is 1. The molecule has 2 aliphatic heterocycles. The van der Waals surface area contributed by atoms with E-state index in [9.17, 15) is 22.8 Å². The van der Waals surface area contributed by atoms with Gasteiger partial charge in [-0.3, -0.25) is 14.5 Å². The van der Waals surface area contributed by atoms with Crippen molar-refractivity contribution in [2.24, 2.45) is 0 Å². The second-order valence-corrected chi connectivity index (χ2v) is 9.90. The van der Waals surface area contributed by atoms with E-state index < -0.39 is 34.8 Å². The molecule has 1 aromatic heterocycles. The smallest absolute Gasteiger partial charge is 0.273 e. The molecule has 14 heteroatoms. The number of aliphatic hydroxyl groups excluding tert-OH is 1. The van der Waals surface area contributed by atoms with Crippen LogP contribution in [0.5, 0.6) is 0 Å². The Hall–Kier alpha value is -3.16. The number of amides is 2. The minimum atomic E-state index is -1.65. The number of rotatable bonds is 7. The average Bonchev–Trinajstić information content (AvgIpc) is 2.95. The van der Waals surface area contributed by atoms with Gasteiger partial charge in [0.15, 0.2) is 39.9 Å². The van der Waals surface area contributed by atoms with Crippen molar-refractivity contribution in [1.82, 2.24) is 25.1 Å². The van der Waals surface area contributed by atoms with Gasteiger partial charge in [-0.15, -0.1) is 0 Å². The Bertz CT molecular complexity index is 1230. The predicted molar refractivity (Wildman–Crippen MR) is 139 cm³/mol. The van der Waals surface area contributed by atoms with E-state index >= 15 is 0 Å². The summed E-state index contributed by atoms with van der Waals surface area (Å²) in [7, 11) is 0. The maximum Gasteiger partial charge on any atom is 0.273 e. The monoisotopic (exact) mass is 569 g/mol. The van der Waals surface area contributed by atoms with Gasteiger partial charge in [0.1, 0.15) is 0 Å². The van der Waals surface area contributed by atoms with Gasteiger partial charge in [0, 0.05) is 51.4 Å². The number of carbonyl (C=O) groups excluding carboxylic acids is 2. The molecule has 1 aromatic carbocycles. The second-order valence-electron chi connectivity index (χ2n) is 9.54. The summed E-state index contributed by atoms with van der Waals surface area (Å²) in [5, 5.41) is 11.4. The van der Waals surface area contributed by atoms with Gasteiger partial charge in [0.05, 0.1) is 12.2 Å². The summed E-state index contributed by atoms with van der Waals surface area (Å²) in [5.41, 5.74) is 5.42. The van der Waals surface area contributed by atoms with Crippen molar-refractivity contribution in [1.29, 1.82) is 0 Å². The van der Waals surface area contributed by atoms with Crippen LogP contribution in [0.4, 0.5) is 24.8 Å². The van der Waals surface area contributed by atoms with Gasteiger partial charge in [-0.05, 0) is 31.4 Å².